The van der Waals surface area contributed by atoms with Gasteiger partial charge in [-0.05, 0) is 50.4 Å². The zero-order valence-corrected chi connectivity index (χ0v) is 13.1. The first-order valence-electron chi connectivity index (χ1n) is 7.31. The molecular weight excluding hydrogens is 272 g/mol. The van der Waals surface area contributed by atoms with E-state index in [1.807, 2.05) is 19.1 Å². The lowest BCUT2D eigenvalue weighted by Gasteiger charge is -2.22. The Bertz CT molecular complexity index is 549. The van der Waals surface area contributed by atoms with Crippen LogP contribution in [0.3, 0.4) is 0 Å². The van der Waals surface area contributed by atoms with Crippen LogP contribution in [-0.2, 0) is 10.0 Å². The molecule has 0 aromatic heterocycles. The molecule has 0 heterocycles. The molecular formula is C15H24N2O2S. The molecule has 1 aromatic rings. The fourth-order valence-corrected chi connectivity index (χ4v) is 3.76. The van der Waals surface area contributed by atoms with Gasteiger partial charge in [-0.1, -0.05) is 25.3 Å². The van der Waals surface area contributed by atoms with Crippen LogP contribution in [0.15, 0.2) is 23.1 Å². The molecule has 0 atom stereocenters. The molecule has 0 saturated heterocycles. The van der Waals surface area contributed by atoms with Crippen LogP contribution in [0, 0.1) is 12.8 Å². The molecule has 1 aliphatic rings. The Labute approximate surface area is 122 Å². The van der Waals surface area contributed by atoms with Crippen molar-refractivity contribution in [3.05, 3.63) is 23.8 Å². The number of anilines is 1. The molecule has 0 aliphatic heterocycles. The van der Waals surface area contributed by atoms with Gasteiger partial charge in [0.05, 0.1) is 4.90 Å². The Morgan fingerprint density at radius 1 is 1.20 bits per heavy atom. The maximum absolute atomic E-state index is 11.9. The van der Waals surface area contributed by atoms with Crippen molar-refractivity contribution in [1.29, 1.82) is 0 Å². The first-order chi connectivity index (χ1) is 9.53. The molecule has 0 bridgehead atoms. The molecule has 4 nitrogen and oxygen atoms in total. The smallest absolute Gasteiger partial charge is 0.240 e. The van der Waals surface area contributed by atoms with Crippen molar-refractivity contribution in [3.63, 3.8) is 0 Å². The van der Waals surface area contributed by atoms with Gasteiger partial charge in [0.1, 0.15) is 0 Å². The predicted molar refractivity (Wildman–Crippen MR) is 82.5 cm³/mol. The fraction of sp³-hybridized carbons (Fsp3) is 0.600. The van der Waals surface area contributed by atoms with Crippen LogP contribution in [0.25, 0.3) is 0 Å². The van der Waals surface area contributed by atoms with E-state index >= 15 is 0 Å². The molecule has 5 heteroatoms. The second kappa shape index (κ2) is 6.59. The van der Waals surface area contributed by atoms with Crippen LogP contribution in [0.2, 0.25) is 0 Å². The maximum Gasteiger partial charge on any atom is 0.240 e. The number of benzene rings is 1. The van der Waals surface area contributed by atoms with Crippen molar-refractivity contribution >= 4 is 15.7 Å². The quantitative estimate of drug-likeness (QED) is 0.878. The van der Waals surface area contributed by atoms with E-state index in [0.29, 0.717) is 4.90 Å². The number of hydrogen-bond acceptors (Lipinski definition) is 3. The van der Waals surface area contributed by atoms with Gasteiger partial charge in [0.15, 0.2) is 0 Å². The topological polar surface area (TPSA) is 58.2 Å². The molecule has 1 aliphatic carbocycles. The monoisotopic (exact) mass is 296 g/mol. The summed E-state index contributed by atoms with van der Waals surface area (Å²) >= 11 is 0. The summed E-state index contributed by atoms with van der Waals surface area (Å²) in [5.74, 6) is 0.717. The summed E-state index contributed by atoms with van der Waals surface area (Å²) in [6, 6.07) is 5.53. The van der Waals surface area contributed by atoms with Crippen molar-refractivity contribution in [2.45, 2.75) is 43.9 Å². The maximum atomic E-state index is 11.9. The largest absolute Gasteiger partial charge is 0.385 e. The average molecular weight is 296 g/mol. The third-order valence-corrected chi connectivity index (χ3v) is 5.62. The number of aryl methyl sites for hydroxylation is 1. The van der Waals surface area contributed by atoms with Gasteiger partial charge in [0, 0.05) is 12.2 Å². The highest BCUT2D eigenvalue weighted by molar-refractivity contribution is 7.89. The summed E-state index contributed by atoms with van der Waals surface area (Å²) in [6.45, 7) is 2.75. The van der Waals surface area contributed by atoms with Crippen molar-refractivity contribution < 1.29 is 8.42 Å². The zero-order valence-electron chi connectivity index (χ0n) is 12.3. The van der Waals surface area contributed by atoms with Crippen molar-refractivity contribution in [3.8, 4) is 0 Å². The molecule has 1 saturated carbocycles. The zero-order chi connectivity index (χ0) is 14.6. The minimum absolute atomic E-state index is 0.355. The van der Waals surface area contributed by atoms with Crippen molar-refractivity contribution in [2.24, 2.45) is 5.92 Å². The van der Waals surface area contributed by atoms with Crippen LogP contribution in [0.1, 0.15) is 37.7 Å². The Hall–Kier alpha value is -1.07. The van der Waals surface area contributed by atoms with Gasteiger partial charge in [-0.25, -0.2) is 13.1 Å². The molecule has 0 spiro atoms. The molecule has 20 heavy (non-hydrogen) atoms. The lowest BCUT2D eigenvalue weighted by atomic mass is 9.89. The van der Waals surface area contributed by atoms with Crippen LogP contribution in [-0.4, -0.2) is 22.0 Å². The van der Waals surface area contributed by atoms with E-state index in [2.05, 4.69) is 10.0 Å². The molecule has 0 unspecified atom stereocenters. The van der Waals surface area contributed by atoms with E-state index in [1.165, 1.54) is 39.2 Å². The number of hydrogen-bond donors (Lipinski definition) is 2. The highest BCUT2D eigenvalue weighted by Crippen LogP contribution is 2.25. The summed E-state index contributed by atoms with van der Waals surface area (Å²) in [5.41, 5.74) is 1.65. The highest BCUT2D eigenvalue weighted by Gasteiger charge is 2.16. The summed E-state index contributed by atoms with van der Waals surface area (Å²) in [7, 11) is -1.94. The summed E-state index contributed by atoms with van der Waals surface area (Å²) in [6.07, 6.45) is 6.55. The first-order valence-corrected chi connectivity index (χ1v) is 8.79. The van der Waals surface area contributed by atoms with E-state index in [4.69, 9.17) is 0 Å². The van der Waals surface area contributed by atoms with Gasteiger partial charge in [0.2, 0.25) is 10.0 Å². The number of sulfonamides is 1. The molecule has 1 fully saturated rings. The third kappa shape index (κ3) is 3.73. The SMILES string of the molecule is CNS(=O)(=O)c1cc(NCC2CCCCC2)ccc1C. The van der Waals surface area contributed by atoms with E-state index < -0.39 is 10.0 Å². The van der Waals surface area contributed by atoms with E-state index in [0.717, 1.165) is 23.7 Å². The molecule has 2 N–H and O–H groups in total. The number of rotatable bonds is 5. The normalized spacial score (nSPS) is 17.1. The standard InChI is InChI=1S/C15H24N2O2S/c1-12-8-9-14(10-15(12)20(18,19)16-2)17-11-13-6-4-3-5-7-13/h8-10,13,16-17H,3-7,11H2,1-2H3. The molecule has 112 valence electrons. The minimum Gasteiger partial charge on any atom is -0.385 e. The van der Waals surface area contributed by atoms with Crippen LogP contribution >= 0.6 is 0 Å². The molecule has 2 rings (SSSR count). The Morgan fingerprint density at radius 3 is 2.55 bits per heavy atom. The van der Waals surface area contributed by atoms with E-state index in [1.54, 1.807) is 6.07 Å². The van der Waals surface area contributed by atoms with E-state index in [-0.39, 0.29) is 0 Å². The van der Waals surface area contributed by atoms with E-state index in [9.17, 15) is 8.42 Å². The second-order valence-electron chi connectivity index (χ2n) is 5.57. The highest BCUT2D eigenvalue weighted by atomic mass is 32.2. The summed E-state index contributed by atoms with van der Waals surface area (Å²) in [4.78, 5) is 0.355. The van der Waals surface area contributed by atoms with Crippen LogP contribution < -0.4 is 10.0 Å². The van der Waals surface area contributed by atoms with Gasteiger partial charge in [0.25, 0.3) is 0 Å². The van der Waals surface area contributed by atoms with Crippen molar-refractivity contribution in [1.82, 2.24) is 4.72 Å². The molecule has 1 aromatic carbocycles. The van der Waals surface area contributed by atoms with Crippen molar-refractivity contribution in [2.75, 3.05) is 18.9 Å². The van der Waals surface area contributed by atoms with Crippen LogP contribution in [0.5, 0.6) is 0 Å². The second-order valence-corrected chi connectivity index (χ2v) is 7.43. The Balaban J connectivity index is 2.07. The lowest BCUT2D eigenvalue weighted by Crippen LogP contribution is -2.20. The summed E-state index contributed by atoms with van der Waals surface area (Å²) < 4.78 is 26.3. The molecule has 0 radical (unpaired) electrons. The minimum atomic E-state index is -3.38. The predicted octanol–water partition coefficient (Wildman–Crippen LogP) is 2.90. The summed E-state index contributed by atoms with van der Waals surface area (Å²) in [5, 5.41) is 3.39. The third-order valence-electron chi connectivity index (χ3n) is 4.07. The fourth-order valence-electron chi connectivity index (χ4n) is 2.76. The number of nitrogens with one attached hydrogen (secondary N) is 2. The molecule has 0 amide bonds. The van der Waals surface area contributed by atoms with Gasteiger partial charge in [-0.3, -0.25) is 0 Å². The average Bonchev–Trinajstić information content (AvgIpc) is 2.47. The Kier molecular flexibility index (Phi) is 5.05. The van der Waals surface area contributed by atoms with Gasteiger partial charge >= 0.3 is 0 Å². The lowest BCUT2D eigenvalue weighted by molar-refractivity contribution is 0.373. The Morgan fingerprint density at radius 2 is 1.90 bits per heavy atom. The first kappa shape index (κ1) is 15.3. The van der Waals surface area contributed by atoms with Gasteiger partial charge in [-0.15, -0.1) is 0 Å². The van der Waals surface area contributed by atoms with Gasteiger partial charge in [-0.2, -0.15) is 0 Å². The van der Waals surface area contributed by atoms with Gasteiger partial charge < -0.3 is 5.32 Å². The van der Waals surface area contributed by atoms with Crippen LogP contribution in [0.4, 0.5) is 5.69 Å².